The van der Waals surface area contributed by atoms with E-state index in [9.17, 15) is 0 Å². The lowest BCUT2D eigenvalue weighted by atomic mass is 10.4. The monoisotopic (exact) mass is 186 g/mol. The third kappa shape index (κ3) is 1.08. The van der Waals surface area contributed by atoms with Gasteiger partial charge in [-0.05, 0) is 12.1 Å². The van der Waals surface area contributed by atoms with E-state index in [0.29, 0.717) is 10.2 Å². The van der Waals surface area contributed by atoms with E-state index in [2.05, 4.69) is 9.97 Å². The van der Waals surface area contributed by atoms with Gasteiger partial charge in [0.25, 0.3) is 0 Å². The zero-order chi connectivity index (χ0) is 7.84. The molecule has 0 saturated heterocycles. The lowest BCUT2D eigenvalue weighted by molar-refractivity contribution is 1.41. The number of fused-ring (bicyclic) bond motifs is 1. The van der Waals surface area contributed by atoms with Gasteiger partial charge in [-0.15, -0.1) is 0 Å². The maximum atomic E-state index is 5.79. The number of halogens is 2. The molecule has 0 atom stereocenters. The standard InChI is InChI=1S/C7H4Cl2N2/c8-4-3-10-5-1-2-6(9)11-7(4)5/h1-3,10H. The Bertz CT molecular complexity index is 394. The zero-order valence-electron chi connectivity index (χ0n) is 5.44. The van der Waals surface area contributed by atoms with E-state index in [0.717, 1.165) is 11.0 Å². The molecule has 2 rings (SSSR count). The van der Waals surface area contributed by atoms with Crippen molar-refractivity contribution in [3.63, 3.8) is 0 Å². The van der Waals surface area contributed by atoms with E-state index < -0.39 is 0 Å². The summed E-state index contributed by atoms with van der Waals surface area (Å²) in [4.78, 5) is 7.00. The van der Waals surface area contributed by atoms with Gasteiger partial charge in [0.05, 0.1) is 10.5 Å². The summed E-state index contributed by atoms with van der Waals surface area (Å²) in [6.45, 7) is 0. The second-order valence-corrected chi connectivity index (χ2v) is 2.96. The fourth-order valence-corrected chi connectivity index (χ4v) is 1.29. The Labute approximate surface area is 73.1 Å². The minimum absolute atomic E-state index is 0.457. The number of pyridine rings is 1. The van der Waals surface area contributed by atoms with Crippen molar-refractivity contribution in [3.8, 4) is 0 Å². The summed E-state index contributed by atoms with van der Waals surface area (Å²) < 4.78 is 0. The van der Waals surface area contributed by atoms with Gasteiger partial charge in [-0.2, -0.15) is 0 Å². The highest BCUT2D eigenvalue weighted by atomic mass is 35.5. The average Bonchev–Trinajstić information content (AvgIpc) is 2.33. The van der Waals surface area contributed by atoms with E-state index in [4.69, 9.17) is 23.2 Å². The van der Waals surface area contributed by atoms with Crippen LogP contribution in [0.15, 0.2) is 18.3 Å². The molecule has 0 radical (unpaired) electrons. The minimum Gasteiger partial charge on any atom is -0.358 e. The molecule has 0 bridgehead atoms. The summed E-state index contributed by atoms with van der Waals surface area (Å²) >= 11 is 11.5. The Kier molecular flexibility index (Phi) is 1.51. The van der Waals surface area contributed by atoms with Gasteiger partial charge < -0.3 is 4.98 Å². The van der Waals surface area contributed by atoms with E-state index in [-0.39, 0.29) is 0 Å². The second-order valence-electron chi connectivity index (χ2n) is 2.17. The van der Waals surface area contributed by atoms with Crippen molar-refractivity contribution >= 4 is 34.2 Å². The van der Waals surface area contributed by atoms with Crippen LogP contribution in [0, 0.1) is 0 Å². The van der Waals surface area contributed by atoms with Crippen LogP contribution in [-0.4, -0.2) is 9.97 Å². The lowest BCUT2D eigenvalue weighted by Crippen LogP contribution is -1.74. The van der Waals surface area contributed by atoms with E-state index >= 15 is 0 Å². The largest absolute Gasteiger partial charge is 0.358 e. The molecule has 0 aliphatic rings. The number of nitrogens with one attached hydrogen (secondary N) is 1. The molecular weight excluding hydrogens is 183 g/mol. The van der Waals surface area contributed by atoms with Gasteiger partial charge in [-0.25, -0.2) is 4.98 Å². The topological polar surface area (TPSA) is 28.7 Å². The van der Waals surface area contributed by atoms with Crippen LogP contribution >= 0.6 is 23.2 Å². The molecule has 0 fully saturated rings. The molecule has 1 N–H and O–H groups in total. The Morgan fingerprint density at radius 1 is 1.27 bits per heavy atom. The first kappa shape index (κ1) is 6.95. The lowest BCUT2D eigenvalue weighted by Gasteiger charge is -1.89. The summed E-state index contributed by atoms with van der Waals surface area (Å²) in [7, 11) is 0. The van der Waals surface area contributed by atoms with Gasteiger partial charge in [0.15, 0.2) is 0 Å². The predicted molar refractivity (Wildman–Crippen MR) is 46.1 cm³/mol. The van der Waals surface area contributed by atoms with Crippen molar-refractivity contribution < 1.29 is 0 Å². The SMILES string of the molecule is Clc1ccc2[nH]cc(Cl)c2n1. The summed E-state index contributed by atoms with van der Waals surface area (Å²) in [5, 5.41) is 1.06. The Morgan fingerprint density at radius 3 is 2.91 bits per heavy atom. The third-order valence-electron chi connectivity index (χ3n) is 1.44. The highest BCUT2D eigenvalue weighted by molar-refractivity contribution is 6.35. The summed E-state index contributed by atoms with van der Waals surface area (Å²) in [6.07, 6.45) is 1.69. The van der Waals surface area contributed by atoms with Crippen LogP contribution in [-0.2, 0) is 0 Å². The number of H-pyrrole nitrogens is 1. The number of aromatic amines is 1. The Hall–Kier alpha value is -0.730. The van der Waals surface area contributed by atoms with Crippen molar-refractivity contribution in [1.82, 2.24) is 9.97 Å². The van der Waals surface area contributed by atoms with Gasteiger partial charge in [0.2, 0.25) is 0 Å². The molecule has 2 aromatic heterocycles. The number of hydrogen-bond acceptors (Lipinski definition) is 1. The first-order chi connectivity index (χ1) is 5.27. The second kappa shape index (κ2) is 2.40. The average molecular weight is 187 g/mol. The first-order valence-corrected chi connectivity index (χ1v) is 3.82. The number of rotatable bonds is 0. The molecule has 0 saturated carbocycles. The highest BCUT2D eigenvalue weighted by Crippen LogP contribution is 2.21. The molecule has 0 unspecified atom stereocenters. The fraction of sp³-hybridized carbons (Fsp3) is 0. The molecule has 4 heteroatoms. The van der Waals surface area contributed by atoms with Gasteiger partial charge in [-0.1, -0.05) is 23.2 Å². The molecule has 2 nitrogen and oxygen atoms in total. The number of nitrogens with zero attached hydrogens (tertiary/aromatic N) is 1. The molecule has 0 spiro atoms. The zero-order valence-corrected chi connectivity index (χ0v) is 6.95. The van der Waals surface area contributed by atoms with Crippen LogP contribution in [0.25, 0.3) is 11.0 Å². The molecule has 2 heterocycles. The first-order valence-electron chi connectivity index (χ1n) is 3.06. The van der Waals surface area contributed by atoms with Crippen LogP contribution < -0.4 is 0 Å². The predicted octanol–water partition coefficient (Wildman–Crippen LogP) is 2.87. The molecule has 0 aromatic carbocycles. The minimum atomic E-state index is 0.457. The maximum Gasteiger partial charge on any atom is 0.129 e. The quantitative estimate of drug-likeness (QED) is 0.631. The van der Waals surface area contributed by atoms with Gasteiger partial charge in [-0.3, -0.25) is 0 Å². The van der Waals surface area contributed by atoms with E-state index in [1.807, 2.05) is 6.07 Å². The number of hydrogen-bond donors (Lipinski definition) is 1. The maximum absolute atomic E-state index is 5.79. The van der Waals surface area contributed by atoms with E-state index in [1.54, 1.807) is 12.3 Å². The van der Waals surface area contributed by atoms with Crippen LogP contribution in [0.2, 0.25) is 10.2 Å². The fourth-order valence-electron chi connectivity index (χ4n) is 0.943. The van der Waals surface area contributed by atoms with Crippen LogP contribution in [0.1, 0.15) is 0 Å². The van der Waals surface area contributed by atoms with Crippen molar-refractivity contribution in [1.29, 1.82) is 0 Å². The Balaban J connectivity index is 2.87. The highest BCUT2D eigenvalue weighted by Gasteiger charge is 2.01. The van der Waals surface area contributed by atoms with Crippen molar-refractivity contribution in [2.24, 2.45) is 0 Å². The summed E-state index contributed by atoms with van der Waals surface area (Å²) in [5.74, 6) is 0. The smallest absolute Gasteiger partial charge is 0.129 e. The van der Waals surface area contributed by atoms with Gasteiger partial charge in [0.1, 0.15) is 10.7 Å². The van der Waals surface area contributed by atoms with Crippen molar-refractivity contribution in [2.75, 3.05) is 0 Å². The molecule has 0 aliphatic heterocycles. The van der Waals surface area contributed by atoms with E-state index in [1.165, 1.54) is 0 Å². The van der Waals surface area contributed by atoms with Crippen molar-refractivity contribution in [2.45, 2.75) is 0 Å². The summed E-state index contributed by atoms with van der Waals surface area (Å²) in [5.41, 5.74) is 1.62. The molecule has 56 valence electrons. The molecule has 0 aliphatic carbocycles. The molecule has 0 amide bonds. The van der Waals surface area contributed by atoms with Crippen LogP contribution in [0.4, 0.5) is 0 Å². The van der Waals surface area contributed by atoms with Gasteiger partial charge in [0, 0.05) is 6.20 Å². The van der Waals surface area contributed by atoms with Crippen LogP contribution in [0.5, 0.6) is 0 Å². The van der Waals surface area contributed by atoms with Crippen LogP contribution in [0.3, 0.4) is 0 Å². The normalized spacial score (nSPS) is 10.7. The van der Waals surface area contributed by atoms with Gasteiger partial charge >= 0.3 is 0 Å². The summed E-state index contributed by atoms with van der Waals surface area (Å²) in [6, 6.07) is 3.56. The van der Waals surface area contributed by atoms with Crippen molar-refractivity contribution in [3.05, 3.63) is 28.5 Å². The molecule has 2 aromatic rings. The Morgan fingerprint density at radius 2 is 2.09 bits per heavy atom. The number of aromatic nitrogens is 2. The molecular formula is C7H4Cl2N2. The molecule has 11 heavy (non-hydrogen) atoms. The third-order valence-corrected chi connectivity index (χ3v) is 1.94.